The first-order chi connectivity index (χ1) is 23.2. The number of nitrogens with zero attached hydrogens (tertiary/aromatic N) is 5. The lowest BCUT2D eigenvalue weighted by molar-refractivity contribution is 0.724. The van der Waals surface area contributed by atoms with Crippen molar-refractivity contribution in [3.8, 4) is 28.5 Å². The lowest BCUT2D eigenvalue weighted by Gasteiger charge is -2.21. The number of aryl methyl sites for hydroxylation is 1. The molecule has 0 spiro atoms. The zero-order valence-electron chi connectivity index (χ0n) is 26.1. The predicted octanol–water partition coefficient (Wildman–Crippen LogP) is 10.2. The van der Waals surface area contributed by atoms with Gasteiger partial charge in [-0.1, -0.05) is 79.7 Å². The first-order valence-electron chi connectivity index (χ1n) is 16.0. The summed E-state index contributed by atoms with van der Waals surface area (Å²) in [6.45, 7) is 4.46. The van der Waals surface area contributed by atoms with Gasteiger partial charge in [-0.25, -0.2) is 9.97 Å². The van der Waals surface area contributed by atoms with Crippen molar-refractivity contribution in [3.05, 3.63) is 144 Å². The van der Waals surface area contributed by atoms with E-state index < -0.39 is 0 Å². The lowest BCUT2D eigenvalue weighted by Crippen LogP contribution is -2.09. The van der Waals surface area contributed by atoms with E-state index >= 15 is 0 Å². The summed E-state index contributed by atoms with van der Waals surface area (Å²) in [7, 11) is 0. The van der Waals surface area contributed by atoms with Crippen molar-refractivity contribution in [1.82, 2.24) is 19.4 Å². The minimum atomic E-state index is -0.0576. The highest BCUT2D eigenvalue weighted by Crippen LogP contribution is 2.47. The predicted molar refractivity (Wildman–Crippen MR) is 191 cm³/mol. The van der Waals surface area contributed by atoms with Crippen LogP contribution < -0.4 is 0 Å². The zero-order valence-corrected chi connectivity index (χ0v) is 26.1. The molecule has 9 aromatic rings. The fraction of sp³-hybridized carbons (Fsp3) is 0.0952. The van der Waals surface area contributed by atoms with Crippen LogP contribution in [0.3, 0.4) is 0 Å². The molecular weight excluding hydrogens is 574 g/mol. The summed E-state index contributed by atoms with van der Waals surface area (Å²) in [5.41, 5.74) is 12.5. The van der Waals surface area contributed by atoms with Gasteiger partial charge in [-0.2, -0.15) is 5.26 Å². The molecule has 1 atom stereocenters. The van der Waals surface area contributed by atoms with Crippen LogP contribution in [0.1, 0.15) is 41.8 Å². The third-order valence-electron chi connectivity index (χ3n) is 9.66. The molecule has 0 amide bonds. The third-order valence-corrected chi connectivity index (χ3v) is 9.66. The van der Waals surface area contributed by atoms with E-state index in [9.17, 15) is 5.26 Å². The Morgan fingerprint density at radius 2 is 1.49 bits per heavy atom. The molecule has 47 heavy (non-hydrogen) atoms. The van der Waals surface area contributed by atoms with Crippen LogP contribution in [-0.4, -0.2) is 19.4 Å². The number of para-hydroxylation sites is 2. The highest BCUT2D eigenvalue weighted by Gasteiger charge is 2.26. The van der Waals surface area contributed by atoms with Gasteiger partial charge in [0.2, 0.25) is 0 Å². The van der Waals surface area contributed by atoms with Crippen molar-refractivity contribution in [2.45, 2.75) is 26.2 Å². The maximum absolute atomic E-state index is 9.39. The number of pyridine rings is 1. The van der Waals surface area contributed by atoms with Crippen LogP contribution in [0.15, 0.2) is 121 Å². The molecule has 0 unspecified atom stereocenters. The monoisotopic (exact) mass is 603 g/mol. The Morgan fingerprint density at radius 1 is 0.766 bits per heavy atom. The van der Waals surface area contributed by atoms with Gasteiger partial charge in [0.25, 0.3) is 0 Å². The van der Waals surface area contributed by atoms with E-state index in [1.165, 1.54) is 60.3 Å². The molecule has 0 aliphatic heterocycles. The van der Waals surface area contributed by atoms with E-state index in [1.807, 2.05) is 36.4 Å². The molecule has 0 aliphatic carbocycles. The van der Waals surface area contributed by atoms with Crippen LogP contribution in [0.4, 0.5) is 0 Å². The topological polar surface area (TPSA) is 66.9 Å². The molecule has 5 heteroatoms. The molecular formula is C42H29N5. The summed E-state index contributed by atoms with van der Waals surface area (Å²) >= 11 is 0. The standard InChI is InChI=1S/C42H29N5/c1-3-28(42-45-34-15-10-22-44-40(34)39(46-42)27-20-18-26(24-43)19-21-27)29-11-4-5-13-31(29)37-25(2)23-33-30-12-6-8-16-35(30)47-36-17-9-7-14-32(36)38(37)41(33)47/h4-23,28H,3H2,1-2H3/t28-/m1/s1. The number of fused-ring (bicyclic) bond motifs is 7. The SMILES string of the molecule is CC[C@@H](c1nc(-c2ccc(C#N)cc2)c2ncccc2n1)c1ccccc1-c1c(C)cc2c3ccccc3n3c4ccccc4c1c23. The second kappa shape index (κ2) is 10.5. The molecule has 0 fully saturated rings. The quantitative estimate of drug-likeness (QED) is 0.196. The van der Waals surface area contributed by atoms with Crippen LogP contribution in [0.2, 0.25) is 0 Å². The van der Waals surface area contributed by atoms with Crippen molar-refractivity contribution in [3.63, 3.8) is 0 Å². The van der Waals surface area contributed by atoms with Gasteiger partial charge in [-0.15, -0.1) is 0 Å². The van der Waals surface area contributed by atoms with Gasteiger partial charge in [-0.05, 0) is 78.1 Å². The van der Waals surface area contributed by atoms with Crippen LogP contribution in [-0.2, 0) is 0 Å². The highest BCUT2D eigenvalue weighted by molar-refractivity contribution is 6.27. The number of benzene rings is 5. The molecule has 0 saturated carbocycles. The summed E-state index contributed by atoms with van der Waals surface area (Å²) in [6.07, 6.45) is 2.60. The largest absolute Gasteiger partial charge is 0.308 e. The van der Waals surface area contributed by atoms with Crippen molar-refractivity contribution >= 4 is 49.1 Å². The second-order valence-corrected chi connectivity index (χ2v) is 12.2. The summed E-state index contributed by atoms with van der Waals surface area (Å²) in [5, 5.41) is 14.5. The zero-order chi connectivity index (χ0) is 31.6. The summed E-state index contributed by atoms with van der Waals surface area (Å²) in [6, 6.07) is 42.4. The molecule has 5 nitrogen and oxygen atoms in total. The molecule has 0 radical (unpaired) electrons. The van der Waals surface area contributed by atoms with Crippen LogP contribution >= 0.6 is 0 Å². The van der Waals surface area contributed by atoms with Crippen LogP contribution in [0, 0.1) is 18.3 Å². The van der Waals surface area contributed by atoms with Crippen LogP contribution in [0.25, 0.3) is 71.5 Å². The van der Waals surface area contributed by atoms with Gasteiger partial charge >= 0.3 is 0 Å². The molecule has 9 rings (SSSR count). The number of aromatic nitrogens is 4. The van der Waals surface area contributed by atoms with Gasteiger partial charge in [0.15, 0.2) is 0 Å². The fourth-order valence-corrected chi connectivity index (χ4v) is 7.62. The summed E-state index contributed by atoms with van der Waals surface area (Å²) < 4.78 is 2.45. The first-order valence-corrected chi connectivity index (χ1v) is 16.0. The smallest absolute Gasteiger partial charge is 0.137 e. The van der Waals surface area contributed by atoms with E-state index in [4.69, 9.17) is 9.97 Å². The molecule has 0 N–H and O–H groups in total. The molecule has 4 aromatic heterocycles. The van der Waals surface area contributed by atoms with E-state index in [2.05, 4.69) is 108 Å². The van der Waals surface area contributed by atoms with Gasteiger partial charge in [0.1, 0.15) is 17.0 Å². The molecule has 222 valence electrons. The van der Waals surface area contributed by atoms with Gasteiger partial charge in [-0.3, -0.25) is 4.98 Å². The Kier molecular flexibility index (Phi) is 6.06. The van der Waals surface area contributed by atoms with Crippen molar-refractivity contribution in [2.24, 2.45) is 0 Å². The first kappa shape index (κ1) is 27.2. The summed E-state index contributed by atoms with van der Waals surface area (Å²) in [4.78, 5) is 15.1. The Morgan fingerprint density at radius 3 is 2.28 bits per heavy atom. The van der Waals surface area contributed by atoms with Crippen molar-refractivity contribution in [1.29, 1.82) is 5.26 Å². The average Bonchev–Trinajstić information content (AvgIpc) is 3.63. The van der Waals surface area contributed by atoms with E-state index in [0.717, 1.165) is 34.5 Å². The van der Waals surface area contributed by atoms with E-state index in [-0.39, 0.29) is 5.92 Å². The second-order valence-electron chi connectivity index (χ2n) is 12.2. The van der Waals surface area contributed by atoms with Crippen molar-refractivity contribution in [2.75, 3.05) is 0 Å². The van der Waals surface area contributed by atoms with Gasteiger partial charge in [0, 0.05) is 39.2 Å². The van der Waals surface area contributed by atoms with E-state index in [1.54, 1.807) is 6.20 Å². The summed E-state index contributed by atoms with van der Waals surface area (Å²) in [5.74, 6) is 0.710. The molecule has 0 aliphatic rings. The molecule has 4 heterocycles. The normalized spacial score (nSPS) is 12.4. The average molecular weight is 604 g/mol. The van der Waals surface area contributed by atoms with Gasteiger partial charge < -0.3 is 4.40 Å². The van der Waals surface area contributed by atoms with Crippen LogP contribution in [0.5, 0.6) is 0 Å². The highest BCUT2D eigenvalue weighted by atomic mass is 14.9. The Bertz CT molecular complexity index is 2700. The fourth-order valence-electron chi connectivity index (χ4n) is 7.62. The molecule has 5 aromatic carbocycles. The molecule has 0 bridgehead atoms. The minimum absolute atomic E-state index is 0.0576. The van der Waals surface area contributed by atoms with E-state index in [0.29, 0.717) is 5.56 Å². The number of hydrogen-bond donors (Lipinski definition) is 0. The Labute approximate surface area is 271 Å². The molecule has 0 saturated heterocycles. The third kappa shape index (κ3) is 3.98. The Hall–Kier alpha value is -6.12. The maximum Gasteiger partial charge on any atom is 0.137 e. The number of hydrogen-bond acceptors (Lipinski definition) is 4. The van der Waals surface area contributed by atoms with Gasteiger partial charge in [0.05, 0.1) is 33.7 Å². The Balaban J connectivity index is 1.31. The number of rotatable bonds is 5. The maximum atomic E-state index is 9.39. The minimum Gasteiger partial charge on any atom is -0.308 e. The lowest BCUT2D eigenvalue weighted by atomic mass is 9.84. The number of nitriles is 1. The van der Waals surface area contributed by atoms with Crippen molar-refractivity contribution < 1.29 is 0 Å².